The first-order chi connectivity index (χ1) is 7.93. The Kier molecular flexibility index (Phi) is 12.5. The fourth-order valence-corrected chi connectivity index (χ4v) is 1.77. The van der Waals surface area contributed by atoms with Crippen LogP contribution in [0.4, 0.5) is 0 Å². The summed E-state index contributed by atoms with van der Waals surface area (Å²) in [5, 5.41) is 0. The van der Waals surface area contributed by atoms with Crippen molar-refractivity contribution >= 4 is 0 Å². The first kappa shape index (κ1) is 17.0. The van der Waals surface area contributed by atoms with Crippen LogP contribution in [0, 0.1) is 0 Å². The van der Waals surface area contributed by atoms with Crippen molar-refractivity contribution < 1.29 is 34.3 Å². The van der Waals surface area contributed by atoms with E-state index in [2.05, 4.69) is 6.92 Å². The van der Waals surface area contributed by atoms with E-state index < -0.39 is 0 Å². The maximum Gasteiger partial charge on any atom is 1.00 e. The molecule has 0 bridgehead atoms. The zero-order valence-electron chi connectivity index (χ0n) is 11.5. The van der Waals surface area contributed by atoms with Crippen LogP contribution in [-0.2, 0) is 0 Å². The number of para-hydroxylation sites is 1. The molecule has 0 aliphatic carbocycles. The van der Waals surface area contributed by atoms with Gasteiger partial charge in [0.2, 0.25) is 0 Å². The van der Waals surface area contributed by atoms with Crippen molar-refractivity contribution in [2.24, 2.45) is 0 Å². The van der Waals surface area contributed by atoms with E-state index in [9.17, 15) is 0 Å². The third-order valence-electron chi connectivity index (χ3n) is 2.76. The second kappa shape index (κ2) is 12.5. The van der Waals surface area contributed by atoms with Crippen molar-refractivity contribution in [2.75, 3.05) is 6.61 Å². The molecule has 0 atom stereocenters. The quantitative estimate of drug-likeness (QED) is 0.475. The first-order valence-corrected chi connectivity index (χ1v) is 6.61. The third kappa shape index (κ3) is 9.70. The Bertz CT molecular complexity index is 248. The van der Waals surface area contributed by atoms with Crippen molar-refractivity contribution in [3.05, 3.63) is 30.3 Å². The number of rotatable bonds is 9. The Morgan fingerprint density at radius 1 is 0.824 bits per heavy atom. The van der Waals surface area contributed by atoms with Crippen molar-refractivity contribution in [2.45, 2.75) is 51.9 Å². The summed E-state index contributed by atoms with van der Waals surface area (Å²) in [4.78, 5) is 0. The molecule has 0 fully saturated rings. The zero-order valence-corrected chi connectivity index (χ0v) is 13.5. The van der Waals surface area contributed by atoms with Crippen molar-refractivity contribution in [1.29, 1.82) is 0 Å². The number of ether oxygens (including phenoxy) is 1. The summed E-state index contributed by atoms with van der Waals surface area (Å²) >= 11 is 0. The van der Waals surface area contributed by atoms with Gasteiger partial charge in [0.15, 0.2) is 0 Å². The molecule has 0 aliphatic rings. The van der Waals surface area contributed by atoms with Gasteiger partial charge in [0.1, 0.15) is 5.75 Å². The molecular weight excluding hydrogens is 219 g/mol. The Balaban J connectivity index is 0.00000256. The molecule has 1 nitrogen and oxygen atoms in total. The molecule has 0 spiro atoms. The Hall–Kier alpha value is 0.0200. The maximum atomic E-state index is 5.63. The van der Waals surface area contributed by atoms with Crippen LogP contribution in [-0.4, -0.2) is 6.61 Å². The summed E-state index contributed by atoms with van der Waals surface area (Å²) in [6, 6.07) is 10.1. The van der Waals surface area contributed by atoms with Gasteiger partial charge in [-0.3, -0.25) is 0 Å². The predicted octanol–water partition coefficient (Wildman–Crippen LogP) is 1.82. The molecule has 0 saturated carbocycles. The van der Waals surface area contributed by atoms with Crippen LogP contribution in [0.2, 0.25) is 0 Å². The minimum absolute atomic E-state index is 0. The maximum absolute atomic E-state index is 5.63. The van der Waals surface area contributed by atoms with E-state index in [1.165, 1.54) is 44.9 Å². The van der Waals surface area contributed by atoms with Gasteiger partial charge >= 0.3 is 29.6 Å². The van der Waals surface area contributed by atoms with E-state index in [0.717, 1.165) is 12.4 Å². The third-order valence-corrected chi connectivity index (χ3v) is 2.76. The summed E-state index contributed by atoms with van der Waals surface area (Å²) in [5.41, 5.74) is 0. The molecule has 2 heteroatoms. The van der Waals surface area contributed by atoms with E-state index in [-0.39, 0.29) is 29.6 Å². The van der Waals surface area contributed by atoms with Crippen molar-refractivity contribution in [3.8, 4) is 5.75 Å². The summed E-state index contributed by atoms with van der Waals surface area (Å²) < 4.78 is 5.63. The number of hydrogen-bond acceptors (Lipinski definition) is 1. The molecule has 1 rings (SSSR count). The van der Waals surface area contributed by atoms with Gasteiger partial charge in [0, 0.05) is 0 Å². The molecule has 0 unspecified atom stereocenters. The molecule has 0 radical (unpaired) electrons. The van der Waals surface area contributed by atoms with Crippen LogP contribution >= 0.6 is 0 Å². The normalized spacial score (nSPS) is 9.71. The van der Waals surface area contributed by atoms with E-state index in [1.54, 1.807) is 0 Å². The number of hydrogen-bond donors (Lipinski definition) is 0. The largest absolute Gasteiger partial charge is 1.00 e. The summed E-state index contributed by atoms with van der Waals surface area (Å²) in [6.45, 7) is 3.12. The molecule has 0 aromatic heterocycles. The molecule has 0 amide bonds. The zero-order chi connectivity index (χ0) is 11.5. The van der Waals surface area contributed by atoms with Gasteiger partial charge in [-0.1, -0.05) is 63.6 Å². The SMILES string of the molecule is CCCCCCCCCOc1ccccc1.[Na+]. The van der Waals surface area contributed by atoms with Crippen LogP contribution in [0.3, 0.4) is 0 Å². The Labute approximate surface area is 128 Å². The number of unbranched alkanes of at least 4 members (excludes halogenated alkanes) is 6. The van der Waals surface area contributed by atoms with Gasteiger partial charge in [-0.25, -0.2) is 0 Å². The van der Waals surface area contributed by atoms with Crippen molar-refractivity contribution in [3.63, 3.8) is 0 Å². The number of benzene rings is 1. The molecule has 0 N–H and O–H groups in total. The summed E-state index contributed by atoms with van der Waals surface area (Å²) in [5.74, 6) is 0.994. The first-order valence-electron chi connectivity index (χ1n) is 6.61. The van der Waals surface area contributed by atoms with Crippen LogP contribution < -0.4 is 34.3 Å². The van der Waals surface area contributed by atoms with E-state index >= 15 is 0 Å². The molecule has 1 aromatic carbocycles. The van der Waals surface area contributed by atoms with Gasteiger partial charge < -0.3 is 4.74 Å². The topological polar surface area (TPSA) is 9.23 Å². The second-order valence-corrected chi connectivity index (χ2v) is 4.28. The monoisotopic (exact) mass is 243 g/mol. The second-order valence-electron chi connectivity index (χ2n) is 4.28. The van der Waals surface area contributed by atoms with E-state index in [0.29, 0.717) is 0 Å². The van der Waals surface area contributed by atoms with E-state index in [1.807, 2.05) is 30.3 Å². The average Bonchev–Trinajstić information content (AvgIpc) is 2.34. The Morgan fingerprint density at radius 2 is 1.41 bits per heavy atom. The van der Waals surface area contributed by atoms with Crippen LogP contribution in [0.25, 0.3) is 0 Å². The molecular formula is C15H24NaO+. The summed E-state index contributed by atoms with van der Waals surface area (Å²) in [7, 11) is 0. The smallest absolute Gasteiger partial charge is 0.494 e. The predicted molar refractivity (Wildman–Crippen MR) is 69.9 cm³/mol. The van der Waals surface area contributed by atoms with Gasteiger partial charge in [0.25, 0.3) is 0 Å². The molecule has 0 heterocycles. The minimum Gasteiger partial charge on any atom is -0.494 e. The fraction of sp³-hybridized carbons (Fsp3) is 0.600. The van der Waals surface area contributed by atoms with Gasteiger partial charge in [-0.05, 0) is 18.6 Å². The van der Waals surface area contributed by atoms with Gasteiger partial charge in [0.05, 0.1) is 6.61 Å². The molecule has 17 heavy (non-hydrogen) atoms. The van der Waals surface area contributed by atoms with Crippen molar-refractivity contribution in [1.82, 2.24) is 0 Å². The minimum atomic E-state index is 0. The molecule has 0 aliphatic heterocycles. The molecule has 90 valence electrons. The summed E-state index contributed by atoms with van der Waals surface area (Å²) in [6.07, 6.45) is 9.35. The van der Waals surface area contributed by atoms with Gasteiger partial charge in [-0.15, -0.1) is 0 Å². The van der Waals surface area contributed by atoms with Crippen LogP contribution in [0.1, 0.15) is 51.9 Å². The molecule has 1 aromatic rings. The van der Waals surface area contributed by atoms with Crippen LogP contribution in [0.5, 0.6) is 5.75 Å². The van der Waals surface area contributed by atoms with E-state index in [4.69, 9.17) is 4.74 Å². The van der Waals surface area contributed by atoms with Crippen LogP contribution in [0.15, 0.2) is 30.3 Å². The fourth-order valence-electron chi connectivity index (χ4n) is 1.77. The van der Waals surface area contributed by atoms with Gasteiger partial charge in [-0.2, -0.15) is 0 Å². The standard InChI is InChI=1S/C15H24O.Na/c1-2-3-4-5-6-7-11-14-16-15-12-9-8-10-13-15;/h8-10,12-13H,2-7,11,14H2,1H3;/q;+1. The average molecular weight is 243 g/mol. The Morgan fingerprint density at radius 3 is 2.06 bits per heavy atom. The molecule has 0 saturated heterocycles.